The minimum atomic E-state index is -0.500. The van der Waals surface area contributed by atoms with Gasteiger partial charge in [0.1, 0.15) is 6.10 Å². The van der Waals surface area contributed by atoms with E-state index in [1.54, 1.807) is 23.7 Å². The number of aromatic nitrogens is 3. The van der Waals surface area contributed by atoms with Gasteiger partial charge in [-0.2, -0.15) is 5.26 Å². The first-order valence-electron chi connectivity index (χ1n) is 11.2. The fourth-order valence-corrected chi connectivity index (χ4v) is 4.97. The third-order valence-corrected chi connectivity index (χ3v) is 6.73. The predicted octanol–water partition coefficient (Wildman–Crippen LogP) is 3.74. The highest BCUT2D eigenvalue weighted by molar-refractivity contribution is 5.96. The molecule has 172 valence electrons. The minimum Gasteiger partial charge on any atom is -0.365 e. The number of hydrogen-bond acceptors (Lipinski definition) is 4. The molecule has 5 rings (SSSR count). The molecule has 0 aliphatic carbocycles. The monoisotopic (exact) mass is 454 g/mol. The van der Waals surface area contributed by atoms with Crippen molar-refractivity contribution in [3.05, 3.63) is 91.8 Å². The summed E-state index contributed by atoms with van der Waals surface area (Å²) in [5.74, 6) is 0. The molecule has 1 atom stereocenters. The molecule has 0 saturated carbocycles. The van der Waals surface area contributed by atoms with E-state index in [9.17, 15) is 14.9 Å². The lowest BCUT2D eigenvalue weighted by Crippen LogP contribution is -2.40. The molecule has 2 aromatic carbocycles. The van der Waals surface area contributed by atoms with E-state index in [1.165, 1.54) is 7.05 Å². The van der Waals surface area contributed by atoms with Crippen molar-refractivity contribution in [2.24, 2.45) is 14.1 Å². The smallest absolute Gasteiger partial charge is 0.331 e. The van der Waals surface area contributed by atoms with Gasteiger partial charge in [-0.1, -0.05) is 42.0 Å². The van der Waals surface area contributed by atoms with Gasteiger partial charge in [-0.15, -0.1) is 0 Å². The largest absolute Gasteiger partial charge is 0.365 e. The molecule has 34 heavy (non-hydrogen) atoms. The van der Waals surface area contributed by atoms with Crippen LogP contribution in [0.2, 0.25) is 0 Å². The lowest BCUT2D eigenvalue weighted by Gasteiger charge is -2.39. The van der Waals surface area contributed by atoms with Crippen LogP contribution in [0.25, 0.3) is 22.2 Å². The first-order valence-corrected chi connectivity index (χ1v) is 11.2. The standard InChI is InChI=1S/C27H26N4O3/c1-16-6-10-18(11-7-16)21-20-22(29(4)26(33)30(5)25(20)32)23-24(34-15-27(2,3)31(21)23)19-12-8-17(14-28)9-13-19/h6-13,24H,15H2,1-5H3. The summed E-state index contributed by atoms with van der Waals surface area (Å²) in [4.78, 5) is 26.6. The van der Waals surface area contributed by atoms with E-state index in [2.05, 4.69) is 24.5 Å². The van der Waals surface area contributed by atoms with Crippen molar-refractivity contribution in [1.82, 2.24) is 13.7 Å². The van der Waals surface area contributed by atoms with Crippen LogP contribution in [0.3, 0.4) is 0 Å². The second-order valence-corrected chi connectivity index (χ2v) is 9.60. The summed E-state index contributed by atoms with van der Waals surface area (Å²) in [5, 5.41) is 9.72. The van der Waals surface area contributed by atoms with E-state index in [1.807, 2.05) is 43.3 Å². The molecular weight excluding hydrogens is 428 g/mol. The molecule has 0 N–H and O–H groups in total. The van der Waals surface area contributed by atoms with Gasteiger partial charge in [-0.3, -0.25) is 13.9 Å². The normalized spacial score (nSPS) is 16.9. The lowest BCUT2D eigenvalue weighted by molar-refractivity contribution is -0.00707. The number of hydrogen-bond donors (Lipinski definition) is 0. The summed E-state index contributed by atoms with van der Waals surface area (Å²) < 4.78 is 11.3. The van der Waals surface area contributed by atoms with Gasteiger partial charge in [0, 0.05) is 14.1 Å². The second kappa shape index (κ2) is 7.57. The third-order valence-electron chi connectivity index (χ3n) is 6.73. The third kappa shape index (κ3) is 3.06. The van der Waals surface area contributed by atoms with Gasteiger partial charge >= 0.3 is 5.69 Å². The van der Waals surface area contributed by atoms with Crippen LogP contribution in [0.15, 0.2) is 58.1 Å². The number of fused-ring (bicyclic) bond motifs is 3. The van der Waals surface area contributed by atoms with E-state index in [4.69, 9.17) is 4.74 Å². The predicted molar refractivity (Wildman–Crippen MR) is 131 cm³/mol. The molecule has 1 aliphatic heterocycles. The van der Waals surface area contributed by atoms with Crippen LogP contribution >= 0.6 is 0 Å². The van der Waals surface area contributed by atoms with Gasteiger partial charge in [-0.25, -0.2) is 4.79 Å². The van der Waals surface area contributed by atoms with Gasteiger partial charge in [0.2, 0.25) is 0 Å². The average molecular weight is 455 g/mol. The van der Waals surface area contributed by atoms with E-state index in [0.29, 0.717) is 23.1 Å². The highest BCUT2D eigenvalue weighted by Gasteiger charge is 2.40. The Balaban J connectivity index is 1.97. The molecule has 7 heteroatoms. The molecule has 0 bridgehead atoms. The van der Waals surface area contributed by atoms with Gasteiger partial charge in [-0.05, 0) is 44.0 Å². The summed E-state index contributed by atoms with van der Waals surface area (Å²) in [7, 11) is 3.21. The van der Waals surface area contributed by atoms with E-state index < -0.39 is 11.6 Å². The van der Waals surface area contributed by atoms with Crippen LogP contribution in [-0.4, -0.2) is 20.3 Å². The number of rotatable bonds is 2. The topological polar surface area (TPSA) is 81.9 Å². The van der Waals surface area contributed by atoms with Gasteiger partial charge in [0.15, 0.2) is 0 Å². The molecule has 1 unspecified atom stereocenters. The number of nitriles is 1. The fraction of sp³-hybridized carbons (Fsp3) is 0.296. The highest BCUT2D eigenvalue weighted by atomic mass is 16.5. The Kier molecular flexibility index (Phi) is 4.88. The Bertz CT molecular complexity index is 1590. The van der Waals surface area contributed by atoms with Crippen LogP contribution in [0, 0.1) is 18.3 Å². The Morgan fingerprint density at radius 1 is 1.00 bits per heavy atom. The lowest BCUT2D eigenvalue weighted by atomic mass is 9.97. The molecule has 1 aliphatic rings. The van der Waals surface area contributed by atoms with Crippen LogP contribution in [-0.2, 0) is 24.4 Å². The maximum Gasteiger partial charge on any atom is 0.331 e. The van der Waals surface area contributed by atoms with Crippen LogP contribution < -0.4 is 11.2 Å². The Morgan fingerprint density at radius 2 is 1.65 bits per heavy atom. The van der Waals surface area contributed by atoms with Gasteiger partial charge < -0.3 is 9.30 Å². The summed E-state index contributed by atoms with van der Waals surface area (Å²) >= 11 is 0. The Hall–Kier alpha value is -3.89. The summed E-state index contributed by atoms with van der Waals surface area (Å²) in [6.07, 6.45) is -0.500. The van der Waals surface area contributed by atoms with E-state index >= 15 is 0 Å². The van der Waals surface area contributed by atoms with Crippen molar-refractivity contribution in [2.45, 2.75) is 32.4 Å². The maximum absolute atomic E-state index is 13.6. The molecule has 0 spiro atoms. The van der Waals surface area contributed by atoms with Crippen molar-refractivity contribution in [3.63, 3.8) is 0 Å². The molecule has 7 nitrogen and oxygen atoms in total. The van der Waals surface area contributed by atoms with E-state index in [0.717, 1.165) is 32.6 Å². The number of benzene rings is 2. The Labute approximate surface area is 197 Å². The van der Waals surface area contributed by atoms with Crippen molar-refractivity contribution in [2.75, 3.05) is 6.61 Å². The van der Waals surface area contributed by atoms with Crippen molar-refractivity contribution in [1.29, 1.82) is 5.26 Å². The van der Waals surface area contributed by atoms with Crippen molar-refractivity contribution >= 4 is 10.9 Å². The number of nitrogens with zero attached hydrogens (tertiary/aromatic N) is 4. The molecule has 4 aromatic rings. The molecule has 0 fully saturated rings. The number of ether oxygens (including phenoxy) is 1. The molecule has 2 aromatic heterocycles. The van der Waals surface area contributed by atoms with Crippen LogP contribution in [0.4, 0.5) is 0 Å². The zero-order valence-corrected chi connectivity index (χ0v) is 19.9. The molecule has 3 heterocycles. The second-order valence-electron chi connectivity index (χ2n) is 9.60. The SMILES string of the molecule is Cc1ccc(-c2c3c(=O)n(C)c(=O)n(C)c3c3n2C(C)(C)COC3c2ccc(C#N)cc2)cc1. The van der Waals surface area contributed by atoms with Gasteiger partial charge in [0.05, 0.1) is 46.1 Å². The van der Waals surface area contributed by atoms with Crippen molar-refractivity contribution in [3.8, 4) is 17.3 Å². The number of aryl methyl sites for hydroxylation is 2. The zero-order valence-electron chi connectivity index (χ0n) is 19.9. The summed E-state index contributed by atoms with van der Waals surface area (Å²) in [5.41, 5.74) is 4.39. The maximum atomic E-state index is 13.6. The quantitative estimate of drug-likeness (QED) is 0.462. The molecular formula is C27H26N4O3. The zero-order chi connectivity index (χ0) is 24.4. The molecule has 0 amide bonds. The van der Waals surface area contributed by atoms with E-state index in [-0.39, 0.29) is 11.2 Å². The first-order chi connectivity index (χ1) is 16.2. The summed E-state index contributed by atoms with van der Waals surface area (Å²) in [6.45, 7) is 6.59. The van der Waals surface area contributed by atoms with Crippen LogP contribution in [0.1, 0.15) is 42.3 Å². The fourth-order valence-electron chi connectivity index (χ4n) is 4.97. The Morgan fingerprint density at radius 3 is 2.26 bits per heavy atom. The first kappa shape index (κ1) is 21.9. The summed E-state index contributed by atoms with van der Waals surface area (Å²) in [6, 6.07) is 17.5. The minimum absolute atomic E-state index is 0.329. The molecule has 0 saturated heterocycles. The van der Waals surface area contributed by atoms with Crippen LogP contribution in [0.5, 0.6) is 0 Å². The highest BCUT2D eigenvalue weighted by Crippen LogP contribution is 2.45. The average Bonchev–Trinajstić information content (AvgIpc) is 3.20. The van der Waals surface area contributed by atoms with Crippen molar-refractivity contribution < 1.29 is 4.74 Å². The molecule has 0 radical (unpaired) electrons. The van der Waals surface area contributed by atoms with Gasteiger partial charge in [0.25, 0.3) is 5.56 Å².